The van der Waals surface area contributed by atoms with Gasteiger partial charge in [0, 0.05) is 24.8 Å². The lowest BCUT2D eigenvalue weighted by atomic mass is 9.81. The highest BCUT2D eigenvalue weighted by Crippen LogP contribution is 2.25. The zero-order valence-electron chi connectivity index (χ0n) is 17.9. The maximum Gasteiger partial charge on any atom is 0.451 e. The molecule has 0 radical (unpaired) electrons. The number of halogens is 2. The Morgan fingerprint density at radius 2 is 1.91 bits per heavy atom. The van der Waals surface area contributed by atoms with Crippen molar-refractivity contribution in [3.05, 3.63) is 28.2 Å². The number of hydrogen-bond donors (Lipinski definition) is 6. The number of nitrogens with one attached hydrogen (secondary N) is 2. The van der Waals surface area contributed by atoms with Crippen molar-refractivity contribution in [2.45, 2.75) is 56.4 Å². The molecule has 7 N–H and O–H groups in total. The van der Waals surface area contributed by atoms with Crippen molar-refractivity contribution in [1.29, 1.82) is 0 Å². The molecular weight excluding hydrogens is 458 g/mol. The molecule has 0 aromatic heterocycles. The van der Waals surface area contributed by atoms with Gasteiger partial charge in [-0.1, -0.05) is 36.0 Å². The molecule has 2 amide bonds. The minimum atomic E-state index is -1.38. The fourth-order valence-corrected chi connectivity index (χ4v) is 4.10. The fourth-order valence-electron chi connectivity index (χ4n) is 3.80. The van der Waals surface area contributed by atoms with E-state index in [1.807, 2.05) is 0 Å². The molecule has 1 aliphatic heterocycles. The number of benzene rings is 1. The van der Waals surface area contributed by atoms with Gasteiger partial charge in [-0.25, -0.2) is 4.79 Å². The van der Waals surface area contributed by atoms with Crippen LogP contribution in [-0.2, 0) is 4.79 Å². The van der Waals surface area contributed by atoms with Crippen LogP contribution in [0, 0.1) is 0 Å². The van der Waals surface area contributed by atoms with Crippen LogP contribution in [0.5, 0.6) is 0 Å². The first-order chi connectivity index (χ1) is 15.1. The number of hydrogen-bond acceptors (Lipinski definition) is 6. The second-order valence-corrected chi connectivity index (χ2v) is 9.12. The van der Waals surface area contributed by atoms with Crippen molar-refractivity contribution in [3.63, 3.8) is 0 Å². The molecule has 1 heterocycles. The van der Waals surface area contributed by atoms with E-state index in [4.69, 9.17) is 39.0 Å². The predicted molar refractivity (Wildman–Crippen MR) is 126 cm³/mol. The third-order valence-corrected chi connectivity index (χ3v) is 6.38. The van der Waals surface area contributed by atoms with Gasteiger partial charge in [-0.05, 0) is 56.7 Å². The summed E-state index contributed by atoms with van der Waals surface area (Å²) in [5.74, 6) is -1.04. The summed E-state index contributed by atoms with van der Waals surface area (Å²) in [6.45, 7) is 2.17. The number of unbranched alkanes of at least 4 members (excludes halogenated alkanes) is 1. The first-order valence-corrected chi connectivity index (χ1v) is 11.5. The first kappa shape index (κ1) is 26.7. The Bertz CT molecular complexity index is 788. The standard InChI is InChI=1S/C20H31BCl2N4O5/c22-16-5-4-14(12-17(16)23)25-19(30)26-15-6-11-27(13-15)10-3-8-20(24,18(28)29)7-1-2-9-21(31)32/h4-5,12,15,31-32H,1-3,6-11,13,24H2,(H,28,29)(H2,25,26,30). The summed E-state index contributed by atoms with van der Waals surface area (Å²) in [5, 5.41) is 33.7. The molecule has 1 aromatic rings. The predicted octanol–water partition coefficient (Wildman–Crippen LogP) is 2.39. The smallest absolute Gasteiger partial charge is 0.451 e. The van der Waals surface area contributed by atoms with Gasteiger partial charge in [-0.2, -0.15) is 0 Å². The van der Waals surface area contributed by atoms with E-state index < -0.39 is 18.6 Å². The van der Waals surface area contributed by atoms with Crippen molar-refractivity contribution in [2.24, 2.45) is 5.73 Å². The van der Waals surface area contributed by atoms with Gasteiger partial charge in [0.05, 0.1) is 10.0 Å². The number of carboxylic acids is 1. The van der Waals surface area contributed by atoms with Crippen molar-refractivity contribution < 1.29 is 24.7 Å². The average molecular weight is 489 g/mol. The molecule has 0 saturated carbocycles. The van der Waals surface area contributed by atoms with Gasteiger partial charge >= 0.3 is 19.1 Å². The second kappa shape index (κ2) is 12.6. The molecule has 0 aliphatic carbocycles. The molecular formula is C20H31BCl2N4O5. The largest absolute Gasteiger partial charge is 0.480 e. The Morgan fingerprint density at radius 3 is 2.56 bits per heavy atom. The molecule has 2 atom stereocenters. The van der Waals surface area contributed by atoms with Gasteiger partial charge < -0.3 is 36.4 Å². The summed E-state index contributed by atoms with van der Waals surface area (Å²) in [4.78, 5) is 26.0. The third kappa shape index (κ3) is 8.76. The van der Waals surface area contributed by atoms with Crippen LogP contribution in [0.25, 0.3) is 0 Å². The summed E-state index contributed by atoms with van der Waals surface area (Å²) in [6.07, 6.45) is 3.26. The van der Waals surface area contributed by atoms with Crippen LogP contribution in [0.3, 0.4) is 0 Å². The number of anilines is 1. The molecule has 0 bridgehead atoms. The highest BCUT2D eigenvalue weighted by molar-refractivity contribution is 6.42. The second-order valence-electron chi connectivity index (χ2n) is 8.30. The summed E-state index contributed by atoms with van der Waals surface area (Å²) in [7, 11) is -1.38. The summed E-state index contributed by atoms with van der Waals surface area (Å²) in [5.41, 5.74) is 5.33. The lowest BCUT2D eigenvalue weighted by Crippen LogP contribution is -2.48. The number of nitrogens with two attached hydrogens (primary N) is 1. The molecule has 2 rings (SSSR count). The van der Waals surface area contributed by atoms with Crippen molar-refractivity contribution in [1.82, 2.24) is 10.2 Å². The highest BCUT2D eigenvalue weighted by atomic mass is 35.5. The molecule has 12 heteroatoms. The zero-order valence-corrected chi connectivity index (χ0v) is 19.4. The van der Waals surface area contributed by atoms with E-state index in [0.29, 0.717) is 54.5 Å². The molecule has 1 aliphatic rings. The Balaban J connectivity index is 1.71. The van der Waals surface area contributed by atoms with E-state index in [-0.39, 0.29) is 24.8 Å². The minimum absolute atomic E-state index is 0.00945. The molecule has 0 spiro atoms. The Hall–Kier alpha value is -1.56. The van der Waals surface area contributed by atoms with Crippen LogP contribution in [0.1, 0.15) is 38.5 Å². The number of amides is 2. The number of rotatable bonds is 12. The van der Waals surface area contributed by atoms with Gasteiger partial charge in [0.1, 0.15) is 5.54 Å². The maximum atomic E-state index is 12.2. The molecule has 9 nitrogen and oxygen atoms in total. The molecule has 1 fully saturated rings. The van der Waals surface area contributed by atoms with E-state index in [9.17, 15) is 14.7 Å². The summed E-state index contributed by atoms with van der Waals surface area (Å²) in [6, 6.07) is 4.53. The van der Waals surface area contributed by atoms with Gasteiger partial charge in [-0.15, -0.1) is 0 Å². The highest BCUT2D eigenvalue weighted by Gasteiger charge is 2.33. The number of urea groups is 1. The topological polar surface area (TPSA) is 148 Å². The van der Waals surface area contributed by atoms with Crippen LogP contribution < -0.4 is 16.4 Å². The van der Waals surface area contributed by atoms with E-state index in [0.717, 1.165) is 13.0 Å². The molecule has 32 heavy (non-hydrogen) atoms. The quantitative estimate of drug-likeness (QED) is 0.195. The number of carbonyl (C=O) groups excluding carboxylic acids is 1. The van der Waals surface area contributed by atoms with Crippen LogP contribution in [0.2, 0.25) is 16.4 Å². The molecule has 178 valence electrons. The lowest BCUT2D eigenvalue weighted by molar-refractivity contribution is -0.144. The normalized spacial score (nSPS) is 18.2. The number of aliphatic carboxylic acids is 1. The monoisotopic (exact) mass is 488 g/mol. The summed E-state index contributed by atoms with van der Waals surface area (Å²) >= 11 is 11.8. The van der Waals surface area contributed by atoms with E-state index >= 15 is 0 Å². The molecule has 1 aromatic carbocycles. The average Bonchev–Trinajstić information content (AvgIpc) is 3.15. The van der Waals surface area contributed by atoms with Crippen molar-refractivity contribution in [3.8, 4) is 0 Å². The lowest BCUT2D eigenvalue weighted by Gasteiger charge is -2.26. The number of likely N-dealkylation sites (tertiary alicyclic amines) is 1. The van der Waals surface area contributed by atoms with E-state index in [1.165, 1.54) is 0 Å². The summed E-state index contributed by atoms with van der Waals surface area (Å²) < 4.78 is 0. The first-order valence-electron chi connectivity index (χ1n) is 10.7. The van der Waals surface area contributed by atoms with Gasteiger partial charge in [0.2, 0.25) is 0 Å². The molecule has 1 saturated heterocycles. The van der Waals surface area contributed by atoms with Crippen LogP contribution in [-0.4, -0.2) is 70.4 Å². The maximum absolute atomic E-state index is 12.2. The Kier molecular flexibility index (Phi) is 10.5. The van der Waals surface area contributed by atoms with Gasteiger partial charge in [-0.3, -0.25) is 4.79 Å². The number of carbonyl (C=O) groups is 2. The fraction of sp³-hybridized carbons (Fsp3) is 0.600. The van der Waals surface area contributed by atoms with Crippen molar-refractivity contribution in [2.75, 3.05) is 25.0 Å². The van der Waals surface area contributed by atoms with Crippen LogP contribution in [0.15, 0.2) is 18.2 Å². The number of nitrogens with zero attached hydrogens (tertiary/aromatic N) is 1. The van der Waals surface area contributed by atoms with E-state index in [2.05, 4.69) is 15.5 Å². The SMILES string of the molecule is NC(CCCCB(O)O)(CCCN1CCC(NC(=O)Nc2ccc(Cl)c(Cl)c2)C1)C(=O)O. The zero-order chi connectivity index (χ0) is 23.7. The minimum Gasteiger partial charge on any atom is -0.480 e. The number of carboxylic acid groups (broad SMARTS) is 1. The van der Waals surface area contributed by atoms with Crippen LogP contribution in [0.4, 0.5) is 10.5 Å². The molecule has 2 unspecified atom stereocenters. The Labute approximate surface area is 198 Å². The van der Waals surface area contributed by atoms with Crippen LogP contribution >= 0.6 is 23.2 Å². The third-order valence-electron chi connectivity index (χ3n) is 5.64. The van der Waals surface area contributed by atoms with Gasteiger partial charge in [0.15, 0.2) is 0 Å². The van der Waals surface area contributed by atoms with Crippen molar-refractivity contribution >= 4 is 48.0 Å². The Morgan fingerprint density at radius 1 is 1.19 bits per heavy atom. The van der Waals surface area contributed by atoms with Gasteiger partial charge in [0.25, 0.3) is 0 Å². The van der Waals surface area contributed by atoms with E-state index in [1.54, 1.807) is 18.2 Å².